The number of rotatable bonds is 4. The highest BCUT2D eigenvalue weighted by atomic mass is 32.1. The van der Waals surface area contributed by atoms with Gasteiger partial charge >= 0.3 is 0 Å². The first-order valence-electron chi connectivity index (χ1n) is 6.14. The lowest BCUT2D eigenvalue weighted by Gasteiger charge is -2.06. The van der Waals surface area contributed by atoms with Crippen LogP contribution in [0.25, 0.3) is 0 Å². The van der Waals surface area contributed by atoms with E-state index >= 15 is 0 Å². The van der Waals surface area contributed by atoms with Gasteiger partial charge in [0.2, 0.25) is 0 Å². The van der Waals surface area contributed by atoms with Crippen LogP contribution in [-0.4, -0.2) is 34.6 Å². The van der Waals surface area contributed by atoms with E-state index in [1.165, 1.54) is 11.5 Å². The summed E-state index contributed by atoms with van der Waals surface area (Å²) in [7, 11) is 0. The van der Waals surface area contributed by atoms with Gasteiger partial charge in [-0.3, -0.25) is 4.79 Å². The Morgan fingerprint density at radius 3 is 3.00 bits per heavy atom. The van der Waals surface area contributed by atoms with Crippen molar-refractivity contribution >= 4 is 17.4 Å². The minimum Gasteiger partial charge on any atom is -0.348 e. The molecule has 1 aromatic rings. The van der Waals surface area contributed by atoms with E-state index in [0.29, 0.717) is 22.8 Å². The van der Waals surface area contributed by atoms with Crippen LogP contribution in [0.3, 0.4) is 0 Å². The molecule has 1 aromatic heterocycles. The average Bonchev–Trinajstić information content (AvgIpc) is 2.79. The van der Waals surface area contributed by atoms with E-state index < -0.39 is 0 Å². The van der Waals surface area contributed by atoms with Crippen molar-refractivity contribution in [2.75, 3.05) is 13.1 Å². The van der Waals surface area contributed by atoms with Crippen LogP contribution >= 0.6 is 11.5 Å². The molecule has 1 saturated heterocycles. The molecular formula is C11H16N4OS. The molecular weight excluding hydrogens is 236 g/mol. The zero-order valence-electron chi connectivity index (χ0n) is 9.77. The summed E-state index contributed by atoms with van der Waals surface area (Å²) in [6.45, 7) is 4.16. The Morgan fingerprint density at radius 1 is 1.53 bits per heavy atom. The highest BCUT2D eigenvalue weighted by Crippen LogP contribution is 2.41. The maximum atomic E-state index is 12.1. The molecule has 6 heteroatoms. The third-order valence-corrected chi connectivity index (χ3v) is 4.41. The van der Waals surface area contributed by atoms with E-state index in [0.717, 1.165) is 31.6 Å². The van der Waals surface area contributed by atoms with Crippen molar-refractivity contribution in [3.8, 4) is 0 Å². The number of piperidine rings is 1. The summed E-state index contributed by atoms with van der Waals surface area (Å²) >= 11 is 1.21. The molecule has 0 bridgehead atoms. The Morgan fingerprint density at radius 2 is 2.29 bits per heavy atom. The van der Waals surface area contributed by atoms with Crippen molar-refractivity contribution in [1.29, 1.82) is 0 Å². The van der Waals surface area contributed by atoms with Crippen LogP contribution in [0.2, 0.25) is 0 Å². The van der Waals surface area contributed by atoms with Gasteiger partial charge in [0.25, 0.3) is 5.91 Å². The van der Waals surface area contributed by atoms with Crippen LogP contribution in [0.15, 0.2) is 0 Å². The fraction of sp³-hybridized carbons (Fsp3) is 0.727. The van der Waals surface area contributed by atoms with Gasteiger partial charge in [-0.2, -0.15) is 0 Å². The topological polar surface area (TPSA) is 66.9 Å². The second-order valence-corrected chi connectivity index (χ2v) is 5.54. The van der Waals surface area contributed by atoms with Gasteiger partial charge in [0.1, 0.15) is 4.88 Å². The fourth-order valence-corrected chi connectivity index (χ4v) is 3.24. The third-order valence-electron chi connectivity index (χ3n) is 3.64. The number of nitrogens with one attached hydrogen (secondary N) is 2. The molecule has 17 heavy (non-hydrogen) atoms. The Kier molecular flexibility index (Phi) is 2.84. The summed E-state index contributed by atoms with van der Waals surface area (Å²) in [5.41, 5.74) is 0.846. The van der Waals surface area contributed by atoms with Crippen molar-refractivity contribution < 1.29 is 4.79 Å². The lowest BCUT2D eigenvalue weighted by atomic mass is 10.2. The molecule has 5 nitrogen and oxygen atoms in total. The summed E-state index contributed by atoms with van der Waals surface area (Å²) in [5.74, 6) is 1.31. The number of fused-ring (bicyclic) bond motifs is 1. The second-order valence-electron chi connectivity index (χ2n) is 4.78. The van der Waals surface area contributed by atoms with Crippen molar-refractivity contribution in [3.05, 3.63) is 10.6 Å². The smallest absolute Gasteiger partial charge is 0.265 e. The maximum absolute atomic E-state index is 12.1. The number of carbonyl (C=O) groups is 1. The molecule has 2 unspecified atom stereocenters. The van der Waals surface area contributed by atoms with E-state index in [-0.39, 0.29) is 5.91 Å². The van der Waals surface area contributed by atoms with E-state index in [1.807, 2.05) is 0 Å². The molecule has 92 valence electrons. The number of carbonyl (C=O) groups excluding carboxylic acids is 1. The number of hydrogen-bond donors (Lipinski definition) is 2. The SMILES string of the molecule is CCCc1nnsc1C(=O)NC1C2CNCC21. The first-order valence-corrected chi connectivity index (χ1v) is 6.91. The van der Waals surface area contributed by atoms with Crippen LogP contribution in [0.5, 0.6) is 0 Å². The quantitative estimate of drug-likeness (QED) is 0.816. The minimum absolute atomic E-state index is 0.0165. The van der Waals surface area contributed by atoms with Gasteiger partial charge in [0, 0.05) is 19.1 Å². The number of nitrogens with zero attached hydrogens (tertiary/aromatic N) is 2. The van der Waals surface area contributed by atoms with Crippen molar-refractivity contribution in [3.63, 3.8) is 0 Å². The predicted molar refractivity (Wildman–Crippen MR) is 65.0 cm³/mol. The van der Waals surface area contributed by atoms with Crippen LogP contribution < -0.4 is 10.6 Å². The minimum atomic E-state index is 0.0165. The van der Waals surface area contributed by atoms with Gasteiger partial charge < -0.3 is 10.6 Å². The van der Waals surface area contributed by atoms with E-state index in [9.17, 15) is 4.79 Å². The molecule has 1 aliphatic carbocycles. The van der Waals surface area contributed by atoms with Crippen LogP contribution in [0.4, 0.5) is 0 Å². The van der Waals surface area contributed by atoms with Gasteiger partial charge in [-0.15, -0.1) is 5.10 Å². The number of aryl methyl sites for hydroxylation is 1. The summed E-state index contributed by atoms with van der Waals surface area (Å²) in [4.78, 5) is 12.8. The first kappa shape index (κ1) is 11.1. The van der Waals surface area contributed by atoms with Gasteiger partial charge in [0.05, 0.1) is 5.69 Å². The van der Waals surface area contributed by atoms with E-state index in [1.54, 1.807) is 0 Å². The highest BCUT2D eigenvalue weighted by molar-refractivity contribution is 7.08. The van der Waals surface area contributed by atoms with Crippen LogP contribution in [0.1, 0.15) is 28.7 Å². The Labute approximate surface area is 104 Å². The monoisotopic (exact) mass is 252 g/mol. The van der Waals surface area contributed by atoms with Crippen molar-refractivity contribution in [1.82, 2.24) is 20.2 Å². The molecule has 2 atom stereocenters. The Hall–Kier alpha value is -1.01. The summed E-state index contributed by atoms with van der Waals surface area (Å²) < 4.78 is 3.88. The molecule has 2 N–H and O–H groups in total. The summed E-state index contributed by atoms with van der Waals surface area (Å²) in [6.07, 6.45) is 1.82. The van der Waals surface area contributed by atoms with Crippen molar-refractivity contribution in [2.45, 2.75) is 25.8 Å². The summed E-state index contributed by atoms with van der Waals surface area (Å²) in [6, 6.07) is 0.375. The number of amides is 1. The fourth-order valence-electron chi connectivity index (χ4n) is 2.63. The van der Waals surface area contributed by atoms with E-state index in [4.69, 9.17) is 0 Å². The molecule has 0 radical (unpaired) electrons. The van der Waals surface area contributed by atoms with Crippen molar-refractivity contribution in [2.24, 2.45) is 11.8 Å². The highest BCUT2D eigenvalue weighted by Gasteiger charge is 2.53. The summed E-state index contributed by atoms with van der Waals surface area (Å²) in [5, 5.41) is 10.4. The zero-order chi connectivity index (χ0) is 11.8. The molecule has 0 aromatic carbocycles. The Bertz CT molecular complexity index is 423. The number of hydrogen-bond acceptors (Lipinski definition) is 5. The predicted octanol–water partition coefficient (Wildman–Crippen LogP) is 0.438. The third kappa shape index (κ3) is 1.95. The lowest BCUT2D eigenvalue weighted by molar-refractivity contribution is 0.0949. The molecule has 2 aliphatic rings. The molecule has 1 saturated carbocycles. The van der Waals surface area contributed by atoms with Crippen LogP contribution in [0, 0.1) is 11.8 Å². The van der Waals surface area contributed by atoms with Crippen LogP contribution in [-0.2, 0) is 6.42 Å². The van der Waals surface area contributed by atoms with Gasteiger partial charge in [0.15, 0.2) is 0 Å². The molecule has 0 spiro atoms. The maximum Gasteiger partial charge on any atom is 0.265 e. The second kappa shape index (κ2) is 4.34. The molecule has 2 fully saturated rings. The molecule has 1 aliphatic heterocycles. The zero-order valence-corrected chi connectivity index (χ0v) is 10.6. The molecule has 2 heterocycles. The lowest BCUT2D eigenvalue weighted by Crippen LogP contribution is -2.32. The Balaban J connectivity index is 1.64. The van der Waals surface area contributed by atoms with Gasteiger partial charge in [-0.1, -0.05) is 17.8 Å². The normalized spacial score (nSPS) is 30.1. The molecule has 3 rings (SSSR count). The largest absolute Gasteiger partial charge is 0.348 e. The van der Waals surface area contributed by atoms with Gasteiger partial charge in [-0.25, -0.2) is 0 Å². The number of aromatic nitrogens is 2. The molecule has 1 amide bonds. The average molecular weight is 252 g/mol. The van der Waals surface area contributed by atoms with E-state index in [2.05, 4.69) is 27.1 Å². The van der Waals surface area contributed by atoms with Gasteiger partial charge in [-0.05, 0) is 29.8 Å². The first-order chi connectivity index (χ1) is 8.31. The standard InChI is InChI=1S/C11H16N4OS/c1-2-3-8-10(17-15-14-8)11(16)13-9-6-4-12-5-7(6)9/h6-7,9,12H,2-5H2,1H3,(H,13,16).